The lowest BCUT2D eigenvalue weighted by atomic mass is 10.2. The van der Waals surface area contributed by atoms with Crippen LogP contribution in [0, 0.1) is 5.82 Å². The summed E-state index contributed by atoms with van der Waals surface area (Å²) >= 11 is 0. The Morgan fingerprint density at radius 2 is 1.81 bits per heavy atom. The normalized spacial score (nSPS) is 16.9. The molecule has 0 N–H and O–H groups in total. The fraction of sp³-hybridized carbons (Fsp3) is 0.562. The van der Waals surface area contributed by atoms with Gasteiger partial charge >= 0.3 is 0 Å². The molecule has 1 aromatic carbocycles. The highest BCUT2D eigenvalue weighted by Gasteiger charge is 2.20. The first-order valence-corrected chi connectivity index (χ1v) is 7.52. The highest BCUT2D eigenvalue weighted by Crippen LogP contribution is 2.09. The van der Waals surface area contributed by atoms with Crippen molar-refractivity contribution >= 4 is 5.91 Å². The molecule has 1 aliphatic rings. The molecule has 0 aliphatic carbocycles. The van der Waals surface area contributed by atoms with Gasteiger partial charge in [-0.25, -0.2) is 4.39 Å². The van der Waals surface area contributed by atoms with Crippen LogP contribution in [0.4, 0.5) is 4.39 Å². The maximum absolute atomic E-state index is 13.6. The van der Waals surface area contributed by atoms with Gasteiger partial charge < -0.3 is 9.80 Å². The average molecular weight is 293 g/mol. The standard InChI is InChI=1S/C16H24FN3O/c1-3-19-8-10-20(11-9-19)13-16(21)18(2)12-14-6-4-5-7-15(14)17/h4-7H,3,8-13H2,1-2H3. The van der Waals surface area contributed by atoms with E-state index in [1.165, 1.54) is 6.07 Å². The number of hydrogen-bond donors (Lipinski definition) is 0. The van der Waals surface area contributed by atoms with Gasteiger partial charge in [0.25, 0.3) is 0 Å². The zero-order valence-electron chi connectivity index (χ0n) is 12.9. The van der Waals surface area contributed by atoms with Crippen molar-refractivity contribution in [3.63, 3.8) is 0 Å². The number of amides is 1. The molecule has 0 bridgehead atoms. The van der Waals surface area contributed by atoms with Crippen LogP contribution in [0.5, 0.6) is 0 Å². The van der Waals surface area contributed by atoms with Gasteiger partial charge in [-0.1, -0.05) is 25.1 Å². The topological polar surface area (TPSA) is 26.8 Å². The molecule has 1 aromatic rings. The van der Waals surface area contributed by atoms with E-state index >= 15 is 0 Å². The van der Waals surface area contributed by atoms with Gasteiger partial charge in [0.15, 0.2) is 0 Å². The third kappa shape index (κ3) is 4.51. The van der Waals surface area contributed by atoms with Crippen LogP contribution in [0.15, 0.2) is 24.3 Å². The van der Waals surface area contributed by atoms with E-state index in [-0.39, 0.29) is 11.7 Å². The molecule has 0 radical (unpaired) electrons. The van der Waals surface area contributed by atoms with Crippen LogP contribution in [0.25, 0.3) is 0 Å². The fourth-order valence-corrected chi connectivity index (χ4v) is 2.55. The van der Waals surface area contributed by atoms with Crippen molar-refractivity contribution in [2.45, 2.75) is 13.5 Å². The first-order valence-electron chi connectivity index (χ1n) is 7.52. The number of likely N-dealkylation sites (N-methyl/N-ethyl adjacent to an activating group) is 2. The zero-order chi connectivity index (χ0) is 15.2. The largest absolute Gasteiger partial charge is 0.340 e. The van der Waals surface area contributed by atoms with E-state index < -0.39 is 0 Å². The summed E-state index contributed by atoms with van der Waals surface area (Å²) in [5, 5.41) is 0. The highest BCUT2D eigenvalue weighted by molar-refractivity contribution is 5.78. The van der Waals surface area contributed by atoms with E-state index in [2.05, 4.69) is 16.7 Å². The SMILES string of the molecule is CCN1CCN(CC(=O)N(C)Cc2ccccc2F)CC1. The second-order valence-electron chi connectivity index (χ2n) is 5.55. The number of carbonyl (C=O) groups excluding carboxylic acids is 1. The van der Waals surface area contributed by atoms with Gasteiger partial charge in [-0.2, -0.15) is 0 Å². The van der Waals surface area contributed by atoms with Crippen molar-refractivity contribution in [1.29, 1.82) is 0 Å². The van der Waals surface area contributed by atoms with Crippen LogP contribution in [-0.4, -0.2) is 66.9 Å². The Hall–Kier alpha value is -1.46. The van der Waals surface area contributed by atoms with E-state index in [9.17, 15) is 9.18 Å². The predicted molar refractivity (Wildman–Crippen MR) is 81.4 cm³/mol. The molecule has 1 saturated heterocycles. The number of carbonyl (C=O) groups is 1. The summed E-state index contributed by atoms with van der Waals surface area (Å²) in [7, 11) is 1.73. The van der Waals surface area contributed by atoms with Crippen molar-refractivity contribution in [3.05, 3.63) is 35.6 Å². The molecule has 5 heteroatoms. The number of piperazine rings is 1. The summed E-state index contributed by atoms with van der Waals surface area (Å²) in [5.41, 5.74) is 0.559. The predicted octanol–water partition coefficient (Wildman–Crippen LogP) is 1.42. The molecule has 4 nitrogen and oxygen atoms in total. The maximum Gasteiger partial charge on any atom is 0.236 e. The first-order chi connectivity index (χ1) is 10.1. The van der Waals surface area contributed by atoms with Gasteiger partial charge in [0.05, 0.1) is 6.54 Å². The smallest absolute Gasteiger partial charge is 0.236 e. The third-order valence-corrected chi connectivity index (χ3v) is 4.06. The second-order valence-corrected chi connectivity index (χ2v) is 5.55. The number of halogens is 1. The summed E-state index contributed by atoms with van der Waals surface area (Å²) < 4.78 is 13.6. The zero-order valence-corrected chi connectivity index (χ0v) is 12.9. The molecule has 1 heterocycles. The van der Waals surface area contributed by atoms with Crippen molar-refractivity contribution in [2.75, 3.05) is 46.3 Å². The van der Waals surface area contributed by atoms with Crippen LogP contribution >= 0.6 is 0 Å². The van der Waals surface area contributed by atoms with E-state index in [0.717, 1.165) is 32.7 Å². The minimum absolute atomic E-state index is 0.0446. The second kappa shape index (κ2) is 7.52. The van der Waals surface area contributed by atoms with E-state index in [1.807, 2.05) is 0 Å². The van der Waals surface area contributed by atoms with Crippen LogP contribution in [0.1, 0.15) is 12.5 Å². The summed E-state index contributed by atoms with van der Waals surface area (Å²) in [6.45, 7) is 7.84. The maximum atomic E-state index is 13.6. The molecule has 1 aliphatic heterocycles. The minimum atomic E-state index is -0.256. The van der Waals surface area contributed by atoms with Gasteiger partial charge in [0.1, 0.15) is 5.82 Å². The molecule has 21 heavy (non-hydrogen) atoms. The highest BCUT2D eigenvalue weighted by atomic mass is 19.1. The molecule has 0 saturated carbocycles. The van der Waals surface area contributed by atoms with E-state index in [4.69, 9.17) is 0 Å². The van der Waals surface area contributed by atoms with Gasteiger partial charge in [0, 0.05) is 45.3 Å². The lowest BCUT2D eigenvalue weighted by molar-refractivity contribution is -0.132. The average Bonchev–Trinajstić information content (AvgIpc) is 2.50. The van der Waals surface area contributed by atoms with Crippen LogP contribution in [0.3, 0.4) is 0 Å². The Labute approximate surface area is 126 Å². The Kier molecular flexibility index (Phi) is 5.70. The van der Waals surface area contributed by atoms with Crippen molar-refractivity contribution in [1.82, 2.24) is 14.7 Å². The van der Waals surface area contributed by atoms with E-state index in [0.29, 0.717) is 18.7 Å². The quantitative estimate of drug-likeness (QED) is 0.821. The summed E-state index contributed by atoms with van der Waals surface area (Å²) in [4.78, 5) is 18.4. The molecular weight excluding hydrogens is 269 g/mol. The Morgan fingerprint density at radius 3 is 2.43 bits per heavy atom. The third-order valence-electron chi connectivity index (χ3n) is 4.06. The minimum Gasteiger partial charge on any atom is -0.340 e. The molecule has 2 rings (SSSR count). The monoisotopic (exact) mass is 293 g/mol. The Bertz CT molecular complexity index is 472. The number of benzene rings is 1. The molecule has 0 aromatic heterocycles. The van der Waals surface area contributed by atoms with Crippen molar-refractivity contribution in [3.8, 4) is 0 Å². The van der Waals surface area contributed by atoms with Crippen LogP contribution < -0.4 is 0 Å². The van der Waals surface area contributed by atoms with Crippen LogP contribution in [-0.2, 0) is 11.3 Å². The number of nitrogens with zero attached hydrogens (tertiary/aromatic N) is 3. The molecule has 0 spiro atoms. The van der Waals surface area contributed by atoms with Crippen LogP contribution in [0.2, 0.25) is 0 Å². The number of hydrogen-bond acceptors (Lipinski definition) is 3. The van der Waals surface area contributed by atoms with Gasteiger partial charge in [-0.05, 0) is 12.6 Å². The Balaban J connectivity index is 1.82. The fourth-order valence-electron chi connectivity index (χ4n) is 2.55. The molecule has 0 atom stereocenters. The molecule has 1 fully saturated rings. The number of rotatable bonds is 5. The Morgan fingerprint density at radius 1 is 1.19 bits per heavy atom. The van der Waals surface area contributed by atoms with E-state index in [1.54, 1.807) is 30.1 Å². The lowest BCUT2D eigenvalue weighted by Crippen LogP contribution is -2.49. The summed E-state index contributed by atoms with van der Waals surface area (Å²) in [6.07, 6.45) is 0. The molecular formula is C16H24FN3O. The van der Waals surface area contributed by atoms with Gasteiger partial charge in [0.2, 0.25) is 5.91 Å². The molecule has 116 valence electrons. The summed E-state index contributed by atoms with van der Waals surface area (Å²) in [5.74, 6) is -0.211. The van der Waals surface area contributed by atoms with Gasteiger partial charge in [-0.15, -0.1) is 0 Å². The first kappa shape index (κ1) is 15.9. The molecule has 1 amide bonds. The van der Waals surface area contributed by atoms with Crippen molar-refractivity contribution in [2.24, 2.45) is 0 Å². The summed E-state index contributed by atoms with van der Waals surface area (Å²) in [6, 6.07) is 6.60. The molecule has 0 unspecified atom stereocenters. The lowest BCUT2D eigenvalue weighted by Gasteiger charge is -2.34. The van der Waals surface area contributed by atoms with Gasteiger partial charge in [-0.3, -0.25) is 9.69 Å². The van der Waals surface area contributed by atoms with Crippen molar-refractivity contribution < 1.29 is 9.18 Å².